The van der Waals surface area contributed by atoms with Gasteiger partial charge in [0.25, 0.3) is 5.91 Å². The van der Waals surface area contributed by atoms with Crippen LogP contribution in [-0.2, 0) is 6.54 Å². The summed E-state index contributed by atoms with van der Waals surface area (Å²) < 4.78 is 5.41. The van der Waals surface area contributed by atoms with Gasteiger partial charge >= 0.3 is 0 Å². The van der Waals surface area contributed by atoms with E-state index in [0.717, 1.165) is 30.9 Å². The van der Waals surface area contributed by atoms with Crippen LogP contribution < -0.4 is 4.74 Å². The predicted octanol–water partition coefficient (Wildman–Crippen LogP) is 3.96. The number of hydrogen-bond acceptors (Lipinski definition) is 3. The molecule has 0 aliphatic carbocycles. The number of carbonyl (C=O) groups excluding carboxylic acids is 1. The summed E-state index contributed by atoms with van der Waals surface area (Å²) in [5, 5.41) is 1.34. The number of methoxy groups -OCH3 is 1. The number of carbonyl (C=O) groups is 1. The first-order valence-electron chi connectivity index (χ1n) is 8.16. The molecule has 2 aromatic carbocycles. The normalized spacial score (nSPS) is 15.2. The first-order valence-corrected chi connectivity index (χ1v) is 8.92. The van der Waals surface area contributed by atoms with Crippen molar-refractivity contribution >= 4 is 29.1 Å². The van der Waals surface area contributed by atoms with Crippen molar-refractivity contribution in [1.29, 1.82) is 0 Å². The van der Waals surface area contributed by atoms with Crippen molar-refractivity contribution in [2.45, 2.75) is 6.54 Å². The molecule has 132 valence electrons. The van der Waals surface area contributed by atoms with E-state index in [1.54, 1.807) is 31.4 Å². The highest BCUT2D eigenvalue weighted by molar-refractivity contribution is 6.31. The Balaban J connectivity index is 1.59. The molecule has 3 rings (SSSR count). The number of piperazine rings is 1. The topological polar surface area (TPSA) is 32.8 Å². The van der Waals surface area contributed by atoms with Crippen molar-refractivity contribution in [3.63, 3.8) is 0 Å². The first-order chi connectivity index (χ1) is 12.1. The average molecular weight is 379 g/mol. The second-order valence-electron chi connectivity index (χ2n) is 6.03. The van der Waals surface area contributed by atoms with E-state index < -0.39 is 0 Å². The Bertz CT molecular complexity index is 742. The van der Waals surface area contributed by atoms with Crippen molar-refractivity contribution in [1.82, 2.24) is 9.80 Å². The molecule has 1 fully saturated rings. The van der Waals surface area contributed by atoms with Crippen LogP contribution >= 0.6 is 23.2 Å². The van der Waals surface area contributed by atoms with Gasteiger partial charge in [0.15, 0.2) is 0 Å². The molecule has 25 heavy (non-hydrogen) atoms. The Morgan fingerprint density at radius 2 is 1.64 bits per heavy atom. The third kappa shape index (κ3) is 4.46. The fourth-order valence-corrected chi connectivity index (χ4v) is 3.32. The molecule has 0 unspecified atom stereocenters. The minimum absolute atomic E-state index is 0.0525. The molecule has 1 heterocycles. The SMILES string of the molecule is COc1ccc(Cl)cc1CN1CCN(C(=O)c2ccc(Cl)cc2)CC1. The lowest BCUT2D eigenvalue weighted by molar-refractivity contribution is 0.0627. The van der Waals surface area contributed by atoms with E-state index in [4.69, 9.17) is 27.9 Å². The lowest BCUT2D eigenvalue weighted by Gasteiger charge is -2.35. The number of halogens is 2. The molecule has 6 heteroatoms. The van der Waals surface area contributed by atoms with Crippen LogP contribution in [0.5, 0.6) is 5.75 Å². The van der Waals surface area contributed by atoms with E-state index in [-0.39, 0.29) is 5.91 Å². The highest BCUT2D eigenvalue weighted by Gasteiger charge is 2.22. The zero-order valence-electron chi connectivity index (χ0n) is 14.0. The summed E-state index contributed by atoms with van der Waals surface area (Å²) >= 11 is 12.0. The summed E-state index contributed by atoms with van der Waals surface area (Å²) in [6.07, 6.45) is 0. The quantitative estimate of drug-likeness (QED) is 0.806. The lowest BCUT2D eigenvalue weighted by Crippen LogP contribution is -2.48. The smallest absolute Gasteiger partial charge is 0.253 e. The van der Waals surface area contributed by atoms with E-state index >= 15 is 0 Å². The van der Waals surface area contributed by atoms with E-state index in [1.165, 1.54) is 0 Å². The predicted molar refractivity (Wildman–Crippen MR) is 101 cm³/mol. The summed E-state index contributed by atoms with van der Waals surface area (Å²) in [7, 11) is 1.66. The molecular weight excluding hydrogens is 359 g/mol. The molecule has 0 radical (unpaired) electrons. The largest absolute Gasteiger partial charge is 0.496 e. The number of hydrogen-bond donors (Lipinski definition) is 0. The number of rotatable bonds is 4. The van der Waals surface area contributed by atoms with E-state index in [2.05, 4.69) is 4.90 Å². The van der Waals surface area contributed by atoms with Crippen molar-refractivity contribution < 1.29 is 9.53 Å². The monoisotopic (exact) mass is 378 g/mol. The summed E-state index contributed by atoms with van der Waals surface area (Å²) in [6.45, 7) is 3.78. The molecule has 4 nitrogen and oxygen atoms in total. The number of nitrogens with zero attached hydrogens (tertiary/aromatic N) is 2. The molecule has 1 amide bonds. The van der Waals surface area contributed by atoms with Crippen LogP contribution in [0.4, 0.5) is 0 Å². The van der Waals surface area contributed by atoms with Crippen LogP contribution in [0.1, 0.15) is 15.9 Å². The molecule has 0 aromatic heterocycles. The van der Waals surface area contributed by atoms with E-state index in [9.17, 15) is 4.79 Å². The van der Waals surface area contributed by atoms with Crippen LogP contribution in [0, 0.1) is 0 Å². The maximum absolute atomic E-state index is 12.5. The zero-order chi connectivity index (χ0) is 17.8. The second kappa shape index (κ2) is 8.09. The molecule has 0 spiro atoms. The minimum atomic E-state index is 0.0525. The second-order valence-corrected chi connectivity index (χ2v) is 6.90. The summed E-state index contributed by atoms with van der Waals surface area (Å²) in [5.74, 6) is 0.890. The van der Waals surface area contributed by atoms with Crippen LogP contribution in [0.25, 0.3) is 0 Å². The van der Waals surface area contributed by atoms with Gasteiger partial charge in [-0.25, -0.2) is 0 Å². The third-order valence-corrected chi connectivity index (χ3v) is 4.87. The molecule has 0 atom stereocenters. The van der Waals surface area contributed by atoms with E-state index in [0.29, 0.717) is 28.7 Å². The maximum atomic E-state index is 12.5. The fraction of sp³-hybridized carbons (Fsp3) is 0.316. The van der Waals surface area contributed by atoms with Gasteiger partial charge < -0.3 is 9.64 Å². The van der Waals surface area contributed by atoms with Gasteiger partial charge in [0, 0.05) is 53.9 Å². The molecule has 1 aliphatic rings. The van der Waals surface area contributed by atoms with Gasteiger partial charge in [-0.2, -0.15) is 0 Å². The van der Waals surface area contributed by atoms with Crippen molar-refractivity contribution in [2.75, 3.05) is 33.3 Å². The Morgan fingerprint density at radius 3 is 2.28 bits per heavy atom. The van der Waals surface area contributed by atoms with Crippen LogP contribution in [0.15, 0.2) is 42.5 Å². The Hall–Kier alpha value is -1.75. The molecule has 2 aromatic rings. The van der Waals surface area contributed by atoms with Gasteiger partial charge in [-0.1, -0.05) is 23.2 Å². The van der Waals surface area contributed by atoms with Gasteiger partial charge in [-0.05, 0) is 42.5 Å². The average Bonchev–Trinajstić information content (AvgIpc) is 2.63. The van der Waals surface area contributed by atoms with Crippen LogP contribution in [0.3, 0.4) is 0 Å². The Labute approximate surface area is 157 Å². The highest BCUT2D eigenvalue weighted by Crippen LogP contribution is 2.24. The molecule has 0 saturated carbocycles. The highest BCUT2D eigenvalue weighted by atomic mass is 35.5. The number of benzene rings is 2. The summed E-state index contributed by atoms with van der Waals surface area (Å²) in [5.41, 5.74) is 1.74. The molecular formula is C19H20Cl2N2O2. The lowest BCUT2D eigenvalue weighted by atomic mass is 10.1. The van der Waals surface area contributed by atoms with Crippen molar-refractivity contribution in [3.05, 3.63) is 63.6 Å². The minimum Gasteiger partial charge on any atom is -0.496 e. The number of ether oxygens (including phenoxy) is 1. The van der Waals surface area contributed by atoms with Crippen molar-refractivity contribution in [2.24, 2.45) is 0 Å². The number of amides is 1. The fourth-order valence-electron chi connectivity index (χ4n) is 3.00. The molecule has 0 bridgehead atoms. The van der Waals surface area contributed by atoms with Crippen LogP contribution in [0.2, 0.25) is 10.0 Å². The van der Waals surface area contributed by atoms with Gasteiger partial charge in [-0.3, -0.25) is 9.69 Å². The molecule has 0 N–H and O–H groups in total. The van der Waals surface area contributed by atoms with Gasteiger partial charge in [0.1, 0.15) is 5.75 Å². The van der Waals surface area contributed by atoms with Gasteiger partial charge in [0.2, 0.25) is 0 Å². The zero-order valence-corrected chi connectivity index (χ0v) is 15.6. The Kier molecular flexibility index (Phi) is 5.84. The summed E-state index contributed by atoms with van der Waals surface area (Å²) in [6, 6.07) is 12.7. The standard InChI is InChI=1S/C19H20Cl2N2O2/c1-25-18-7-6-17(21)12-15(18)13-22-8-10-23(11-9-22)19(24)14-2-4-16(20)5-3-14/h2-7,12H,8-11,13H2,1H3. The van der Waals surface area contributed by atoms with Crippen molar-refractivity contribution in [3.8, 4) is 5.75 Å². The van der Waals surface area contributed by atoms with Gasteiger partial charge in [0.05, 0.1) is 7.11 Å². The summed E-state index contributed by atoms with van der Waals surface area (Å²) in [4.78, 5) is 16.7. The van der Waals surface area contributed by atoms with Crippen LogP contribution in [-0.4, -0.2) is 49.0 Å². The maximum Gasteiger partial charge on any atom is 0.253 e. The van der Waals surface area contributed by atoms with E-state index in [1.807, 2.05) is 23.1 Å². The van der Waals surface area contributed by atoms with Gasteiger partial charge in [-0.15, -0.1) is 0 Å². The Morgan fingerprint density at radius 1 is 1.00 bits per heavy atom. The first kappa shape index (κ1) is 18.1. The molecule has 1 saturated heterocycles. The molecule has 1 aliphatic heterocycles. The third-order valence-electron chi connectivity index (χ3n) is 4.39.